The second kappa shape index (κ2) is 6.25. The van der Waals surface area contributed by atoms with Crippen molar-refractivity contribution in [1.82, 2.24) is 15.8 Å². The molecule has 0 bridgehead atoms. The molecule has 1 atom stereocenters. The quantitative estimate of drug-likeness (QED) is 0.737. The Morgan fingerprint density at radius 2 is 2.10 bits per heavy atom. The van der Waals surface area contributed by atoms with Crippen LogP contribution in [0.3, 0.4) is 0 Å². The first-order chi connectivity index (χ1) is 10.0. The summed E-state index contributed by atoms with van der Waals surface area (Å²) in [7, 11) is 3.00. The predicted molar refractivity (Wildman–Crippen MR) is 73.9 cm³/mol. The highest BCUT2D eigenvalue weighted by atomic mass is 16.5. The molecule has 1 aliphatic heterocycles. The number of hydrazine groups is 1. The SMILES string of the molecule is COc1ccccc1CNC(=O)CC1C(=O)NN(C)C1=O. The van der Waals surface area contributed by atoms with E-state index in [0.717, 1.165) is 10.6 Å². The van der Waals surface area contributed by atoms with Gasteiger partial charge in [0.05, 0.1) is 7.11 Å². The predicted octanol–water partition coefficient (Wildman–Crippen LogP) is -0.179. The first-order valence-electron chi connectivity index (χ1n) is 6.49. The summed E-state index contributed by atoms with van der Waals surface area (Å²) >= 11 is 0. The third-order valence-electron chi connectivity index (χ3n) is 3.28. The molecule has 21 heavy (non-hydrogen) atoms. The van der Waals surface area contributed by atoms with Crippen molar-refractivity contribution in [3.8, 4) is 5.75 Å². The molecule has 7 nitrogen and oxygen atoms in total. The average molecular weight is 291 g/mol. The molecule has 7 heteroatoms. The van der Waals surface area contributed by atoms with E-state index in [0.29, 0.717) is 5.75 Å². The smallest absolute Gasteiger partial charge is 0.253 e. The van der Waals surface area contributed by atoms with Gasteiger partial charge in [0.15, 0.2) is 0 Å². The molecule has 2 rings (SSSR count). The van der Waals surface area contributed by atoms with E-state index in [4.69, 9.17) is 4.74 Å². The summed E-state index contributed by atoms with van der Waals surface area (Å²) in [4.78, 5) is 35.1. The van der Waals surface area contributed by atoms with Crippen LogP contribution in [0.5, 0.6) is 5.75 Å². The Balaban J connectivity index is 1.91. The molecule has 3 amide bonds. The molecule has 1 saturated heterocycles. The summed E-state index contributed by atoms with van der Waals surface area (Å²) < 4.78 is 5.18. The fraction of sp³-hybridized carbons (Fsp3) is 0.357. The first kappa shape index (κ1) is 14.8. The second-order valence-corrected chi connectivity index (χ2v) is 4.72. The van der Waals surface area contributed by atoms with Crippen LogP contribution >= 0.6 is 0 Å². The fourth-order valence-electron chi connectivity index (χ4n) is 2.12. The first-order valence-corrected chi connectivity index (χ1v) is 6.49. The Bertz CT molecular complexity index is 573. The zero-order chi connectivity index (χ0) is 15.4. The Morgan fingerprint density at radius 3 is 2.71 bits per heavy atom. The van der Waals surface area contributed by atoms with Gasteiger partial charge in [-0.2, -0.15) is 0 Å². The maximum absolute atomic E-state index is 11.9. The molecule has 1 fully saturated rings. The molecule has 1 aromatic carbocycles. The molecular weight excluding hydrogens is 274 g/mol. The Hall–Kier alpha value is -2.57. The van der Waals surface area contributed by atoms with Crippen molar-refractivity contribution in [3.05, 3.63) is 29.8 Å². The van der Waals surface area contributed by atoms with Gasteiger partial charge in [-0.3, -0.25) is 24.8 Å². The summed E-state index contributed by atoms with van der Waals surface area (Å²) in [5.41, 5.74) is 3.19. The molecule has 1 unspecified atom stereocenters. The summed E-state index contributed by atoms with van der Waals surface area (Å²) in [5.74, 6) is -1.48. The van der Waals surface area contributed by atoms with Crippen LogP contribution in [0.4, 0.5) is 0 Å². The van der Waals surface area contributed by atoms with E-state index in [1.807, 2.05) is 18.2 Å². The number of benzene rings is 1. The number of nitrogens with one attached hydrogen (secondary N) is 2. The summed E-state index contributed by atoms with van der Waals surface area (Å²) in [6.07, 6.45) is -0.163. The van der Waals surface area contributed by atoms with Crippen molar-refractivity contribution < 1.29 is 19.1 Å². The van der Waals surface area contributed by atoms with Gasteiger partial charge in [0, 0.05) is 25.6 Å². The van der Waals surface area contributed by atoms with Gasteiger partial charge in [0.1, 0.15) is 11.7 Å². The number of ether oxygens (including phenoxy) is 1. The lowest BCUT2D eigenvalue weighted by Gasteiger charge is -2.10. The van der Waals surface area contributed by atoms with Crippen molar-refractivity contribution in [2.75, 3.05) is 14.2 Å². The third-order valence-corrected chi connectivity index (χ3v) is 3.28. The van der Waals surface area contributed by atoms with Gasteiger partial charge in [-0.1, -0.05) is 18.2 Å². The molecule has 2 N–H and O–H groups in total. The summed E-state index contributed by atoms with van der Waals surface area (Å²) in [6.45, 7) is 0.279. The van der Waals surface area contributed by atoms with E-state index in [2.05, 4.69) is 10.7 Å². The Kier molecular flexibility index (Phi) is 4.42. The van der Waals surface area contributed by atoms with Gasteiger partial charge in [0.2, 0.25) is 5.91 Å². The van der Waals surface area contributed by atoms with Crippen LogP contribution in [-0.4, -0.2) is 36.9 Å². The van der Waals surface area contributed by atoms with Gasteiger partial charge in [-0.05, 0) is 6.07 Å². The van der Waals surface area contributed by atoms with Crippen LogP contribution in [-0.2, 0) is 20.9 Å². The van der Waals surface area contributed by atoms with E-state index in [9.17, 15) is 14.4 Å². The topological polar surface area (TPSA) is 87.7 Å². The van der Waals surface area contributed by atoms with Crippen molar-refractivity contribution in [3.63, 3.8) is 0 Å². The highest BCUT2D eigenvalue weighted by Gasteiger charge is 2.38. The summed E-state index contributed by atoms with van der Waals surface area (Å²) in [5, 5.41) is 3.78. The number of methoxy groups -OCH3 is 1. The van der Waals surface area contributed by atoms with Crippen LogP contribution in [0, 0.1) is 5.92 Å². The lowest BCUT2D eigenvalue weighted by atomic mass is 10.0. The van der Waals surface area contributed by atoms with Crippen LogP contribution in [0.25, 0.3) is 0 Å². The maximum Gasteiger partial charge on any atom is 0.253 e. The lowest BCUT2D eigenvalue weighted by Crippen LogP contribution is -2.31. The van der Waals surface area contributed by atoms with E-state index < -0.39 is 17.7 Å². The average Bonchev–Trinajstić information content (AvgIpc) is 2.72. The maximum atomic E-state index is 11.9. The molecule has 0 aromatic heterocycles. The van der Waals surface area contributed by atoms with Crippen LogP contribution in [0.1, 0.15) is 12.0 Å². The number of hydrogen-bond donors (Lipinski definition) is 2. The number of carbonyl (C=O) groups is 3. The molecule has 0 spiro atoms. The van der Waals surface area contributed by atoms with Crippen molar-refractivity contribution in [2.24, 2.45) is 5.92 Å². The van der Waals surface area contributed by atoms with Gasteiger partial charge >= 0.3 is 0 Å². The zero-order valence-electron chi connectivity index (χ0n) is 11.9. The van der Waals surface area contributed by atoms with E-state index in [1.165, 1.54) is 7.05 Å². The highest BCUT2D eigenvalue weighted by molar-refractivity contribution is 6.07. The van der Waals surface area contributed by atoms with E-state index >= 15 is 0 Å². The molecule has 1 heterocycles. The molecular formula is C14H17N3O4. The molecule has 1 aliphatic rings. The number of amides is 3. The van der Waals surface area contributed by atoms with Crippen LogP contribution < -0.4 is 15.5 Å². The van der Waals surface area contributed by atoms with Crippen LogP contribution in [0.2, 0.25) is 0 Å². The van der Waals surface area contributed by atoms with Crippen molar-refractivity contribution >= 4 is 17.7 Å². The molecule has 0 aliphatic carbocycles. The van der Waals surface area contributed by atoms with Crippen molar-refractivity contribution in [2.45, 2.75) is 13.0 Å². The Morgan fingerprint density at radius 1 is 1.38 bits per heavy atom. The van der Waals surface area contributed by atoms with Gasteiger partial charge < -0.3 is 10.1 Å². The standard InChI is InChI=1S/C14H17N3O4/c1-17-14(20)10(13(19)16-17)7-12(18)15-8-9-5-3-4-6-11(9)21-2/h3-6,10H,7-8H2,1-2H3,(H,15,18)(H,16,19). The minimum atomic E-state index is -0.951. The molecule has 0 radical (unpaired) electrons. The third kappa shape index (κ3) is 3.31. The number of carbonyl (C=O) groups excluding carboxylic acids is 3. The van der Waals surface area contributed by atoms with Crippen molar-refractivity contribution in [1.29, 1.82) is 0 Å². The zero-order valence-corrected chi connectivity index (χ0v) is 11.9. The number of hydrogen-bond acceptors (Lipinski definition) is 4. The Labute approximate surface area is 122 Å². The number of rotatable bonds is 5. The monoisotopic (exact) mass is 291 g/mol. The van der Waals surface area contributed by atoms with Gasteiger partial charge in [0.25, 0.3) is 11.8 Å². The lowest BCUT2D eigenvalue weighted by molar-refractivity contribution is -0.135. The molecule has 1 aromatic rings. The number of nitrogens with zero attached hydrogens (tertiary/aromatic N) is 1. The fourth-order valence-corrected chi connectivity index (χ4v) is 2.12. The van der Waals surface area contributed by atoms with Crippen LogP contribution in [0.15, 0.2) is 24.3 Å². The molecule has 112 valence electrons. The van der Waals surface area contributed by atoms with E-state index in [1.54, 1.807) is 13.2 Å². The van der Waals surface area contributed by atoms with E-state index in [-0.39, 0.29) is 18.9 Å². The minimum Gasteiger partial charge on any atom is -0.496 e. The van der Waals surface area contributed by atoms with Gasteiger partial charge in [-0.25, -0.2) is 0 Å². The minimum absolute atomic E-state index is 0.163. The second-order valence-electron chi connectivity index (χ2n) is 4.72. The molecule has 0 saturated carbocycles. The normalized spacial score (nSPS) is 17.6. The summed E-state index contributed by atoms with van der Waals surface area (Å²) in [6, 6.07) is 7.30. The largest absolute Gasteiger partial charge is 0.496 e. The number of para-hydroxylation sites is 1. The van der Waals surface area contributed by atoms with Gasteiger partial charge in [-0.15, -0.1) is 0 Å². The highest BCUT2D eigenvalue weighted by Crippen LogP contribution is 2.17.